The first-order valence-electron chi connectivity index (χ1n) is 5.65. The molecule has 5 heteroatoms. The molecule has 0 saturated heterocycles. The number of aromatic nitrogens is 1. The van der Waals surface area contributed by atoms with Gasteiger partial charge in [0.05, 0.1) is 6.61 Å². The molecule has 1 aromatic rings. The molecule has 0 aliphatic carbocycles. The van der Waals surface area contributed by atoms with E-state index in [1.165, 1.54) is 0 Å². The number of nitrogens with one attached hydrogen (secondary N) is 1. The molecule has 1 rings (SSSR count). The topological polar surface area (TPSA) is 65.5 Å². The van der Waals surface area contributed by atoms with Gasteiger partial charge in [-0.15, -0.1) is 0 Å². The van der Waals surface area contributed by atoms with Crippen LogP contribution in [0.25, 0.3) is 0 Å². The van der Waals surface area contributed by atoms with Crippen LogP contribution in [-0.2, 0) is 0 Å². The second kappa shape index (κ2) is 6.20. The third-order valence-electron chi connectivity index (χ3n) is 2.37. The average molecular weight is 237 g/mol. The van der Waals surface area contributed by atoms with Gasteiger partial charge in [-0.05, 0) is 32.9 Å². The molecule has 17 heavy (non-hydrogen) atoms. The van der Waals surface area contributed by atoms with Gasteiger partial charge in [-0.3, -0.25) is 4.98 Å². The Kier molecular flexibility index (Phi) is 4.90. The van der Waals surface area contributed by atoms with Crippen molar-refractivity contribution < 1.29 is 9.90 Å². The van der Waals surface area contributed by atoms with Crippen molar-refractivity contribution in [2.75, 3.05) is 18.5 Å². The Bertz CT molecular complexity index is 380. The Morgan fingerprint density at radius 3 is 2.82 bits per heavy atom. The molecule has 1 heterocycles. The second-order valence-electron chi connectivity index (χ2n) is 4.13. The SMILES string of the molecule is Cc1cc(NC(=O)N(CCO)C(C)C)ccn1. The van der Waals surface area contributed by atoms with Crippen molar-refractivity contribution in [1.82, 2.24) is 9.88 Å². The van der Waals surface area contributed by atoms with E-state index in [9.17, 15) is 4.79 Å². The number of carbonyl (C=O) groups is 1. The summed E-state index contributed by atoms with van der Waals surface area (Å²) < 4.78 is 0. The Morgan fingerprint density at radius 2 is 2.29 bits per heavy atom. The van der Waals surface area contributed by atoms with Crippen LogP contribution >= 0.6 is 0 Å². The Labute approximate surface area is 101 Å². The molecule has 0 bridgehead atoms. The molecule has 0 spiro atoms. The largest absolute Gasteiger partial charge is 0.395 e. The van der Waals surface area contributed by atoms with E-state index in [0.29, 0.717) is 12.2 Å². The summed E-state index contributed by atoms with van der Waals surface area (Å²) in [7, 11) is 0. The maximum atomic E-state index is 11.9. The van der Waals surface area contributed by atoms with Crippen molar-refractivity contribution in [2.24, 2.45) is 0 Å². The number of hydrogen-bond acceptors (Lipinski definition) is 3. The lowest BCUT2D eigenvalue weighted by molar-refractivity contribution is 0.172. The second-order valence-corrected chi connectivity index (χ2v) is 4.13. The number of amides is 2. The minimum absolute atomic E-state index is 0.0407. The number of aryl methyl sites for hydroxylation is 1. The molecule has 0 aromatic carbocycles. The first-order valence-corrected chi connectivity index (χ1v) is 5.65. The maximum absolute atomic E-state index is 11.9. The number of aliphatic hydroxyl groups excluding tert-OH is 1. The predicted octanol–water partition coefficient (Wildman–Crippen LogP) is 1.62. The van der Waals surface area contributed by atoms with Crippen molar-refractivity contribution in [2.45, 2.75) is 26.8 Å². The van der Waals surface area contributed by atoms with Gasteiger partial charge in [0.1, 0.15) is 0 Å². The number of anilines is 1. The summed E-state index contributed by atoms with van der Waals surface area (Å²) >= 11 is 0. The van der Waals surface area contributed by atoms with E-state index in [0.717, 1.165) is 5.69 Å². The molecule has 0 radical (unpaired) electrons. The fourth-order valence-electron chi connectivity index (χ4n) is 1.52. The molecule has 0 fully saturated rings. The number of urea groups is 1. The lowest BCUT2D eigenvalue weighted by atomic mass is 10.3. The van der Waals surface area contributed by atoms with Crippen LogP contribution in [0.4, 0.5) is 10.5 Å². The number of nitrogens with zero attached hydrogens (tertiary/aromatic N) is 2. The third-order valence-corrected chi connectivity index (χ3v) is 2.37. The van der Waals surface area contributed by atoms with Gasteiger partial charge in [-0.2, -0.15) is 0 Å². The van der Waals surface area contributed by atoms with E-state index in [2.05, 4.69) is 10.3 Å². The molecular weight excluding hydrogens is 218 g/mol. The summed E-state index contributed by atoms with van der Waals surface area (Å²) in [6.45, 7) is 5.97. The smallest absolute Gasteiger partial charge is 0.322 e. The van der Waals surface area contributed by atoms with E-state index < -0.39 is 0 Å². The zero-order valence-corrected chi connectivity index (χ0v) is 10.5. The molecule has 0 atom stereocenters. The zero-order chi connectivity index (χ0) is 12.8. The average Bonchev–Trinajstić information content (AvgIpc) is 2.25. The van der Waals surface area contributed by atoms with Gasteiger partial charge in [-0.1, -0.05) is 0 Å². The molecule has 94 valence electrons. The number of rotatable bonds is 4. The van der Waals surface area contributed by atoms with Gasteiger partial charge in [0, 0.05) is 30.2 Å². The number of hydrogen-bond donors (Lipinski definition) is 2. The summed E-state index contributed by atoms with van der Waals surface area (Å²) in [6, 6.07) is 3.38. The summed E-state index contributed by atoms with van der Waals surface area (Å²) in [6.07, 6.45) is 1.65. The molecule has 0 saturated carbocycles. The molecule has 1 aromatic heterocycles. The summed E-state index contributed by atoms with van der Waals surface area (Å²) in [5.41, 5.74) is 1.56. The predicted molar refractivity (Wildman–Crippen MR) is 66.9 cm³/mol. The number of pyridine rings is 1. The summed E-state index contributed by atoms with van der Waals surface area (Å²) in [4.78, 5) is 17.6. The highest BCUT2D eigenvalue weighted by Crippen LogP contribution is 2.09. The molecule has 0 aliphatic rings. The molecular formula is C12H19N3O2. The summed E-state index contributed by atoms with van der Waals surface area (Å²) in [5, 5.41) is 11.7. The van der Waals surface area contributed by atoms with E-state index in [1.807, 2.05) is 20.8 Å². The van der Waals surface area contributed by atoms with Crippen LogP contribution in [0.1, 0.15) is 19.5 Å². The van der Waals surface area contributed by atoms with Crippen LogP contribution in [-0.4, -0.2) is 40.2 Å². The number of aliphatic hydroxyl groups is 1. The Balaban J connectivity index is 2.69. The Hall–Kier alpha value is -1.62. The third kappa shape index (κ3) is 4.03. The van der Waals surface area contributed by atoms with Crippen LogP contribution in [0.2, 0.25) is 0 Å². The van der Waals surface area contributed by atoms with E-state index in [-0.39, 0.29) is 18.7 Å². The molecule has 0 aliphatic heterocycles. The first-order chi connectivity index (χ1) is 8.04. The highest BCUT2D eigenvalue weighted by molar-refractivity contribution is 5.89. The minimum atomic E-state index is -0.209. The number of carbonyl (C=O) groups excluding carboxylic acids is 1. The normalized spacial score (nSPS) is 10.4. The first kappa shape index (κ1) is 13.4. The van der Waals surface area contributed by atoms with Crippen LogP contribution in [0.5, 0.6) is 0 Å². The van der Waals surface area contributed by atoms with Gasteiger partial charge >= 0.3 is 6.03 Å². The molecule has 0 unspecified atom stereocenters. The van der Waals surface area contributed by atoms with Crippen LogP contribution < -0.4 is 5.32 Å². The van der Waals surface area contributed by atoms with Gasteiger partial charge in [0.2, 0.25) is 0 Å². The van der Waals surface area contributed by atoms with Crippen LogP contribution in [0, 0.1) is 6.92 Å². The van der Waals surface area contributed by atoms with Crippen molar-refractivity contribution in [3.8, 4) is 0 Å². The highest BCUT2D eigenvalue weighted by atomic mass is 16.3. The summed E-state index contributed by atoms with van der Waals surface area (Å²) in [5.74, 6) is 0. The zero-order valence-electron chi connectivity index (χ0n) is 10.5. The minimum Gasteiger partial charge on any atom is -0.395 e. The fourth-order valence-corrected chi connectivity index (χ4v) is 1.52. The lowest BCUT2D eigenvalue weighted by Gasteiger charge is -2.26. The molecule has 2 N–H and O–H groups in total. The maximum Gasteiger partial charge on any atom is 0.322 e. The van der Waals surface area contributed by atoms with Crippen molar-refractivity contribution in [3.05, 3.63) is 24.0 Å². The van der Waals surface area contributed by atoms with Crippen molar-refractivity contribution in [3.63, 3.8) is 0 Å². The molecule has 2 amide bonds. The van der Waals surface area contributed by atoms with E-state index >= 15 is 0 Å². The molecule has 5 nitrogen and oxygen atoms in total. The van der Waals surface area contributed by atoms with Crippen molar-refractivity contribution >= 4 is 11.7 Å². The van der Waals surface area contributed by atoms with Crippen LogP contribution in [0.15, 0.2) is 18.3 Å². The fraction of sp³-hybridized carbons (Fsp3) is 0.500. The van der Waals surface area contributed by atoms with Gasteiger partial charge < -0.3 is 15.3 Å². The van der Waals surface area contributed by atoms with Crippen molar-refractivity contribution in [1.29, 1.82) is 0 Å². The quantitative estimate of drug-likeness (QED) is 0.836. The van der Waals surface area contributed by atoms with E-state index in [4.69, 9.17) is 5.11 Å². The monoisotopic (exact) mass is 237 g/mol. The van der Waals surface area contributed by atoms with E-state index in [1.54, 1.807) is 23.2 Å². The lowest BCUT2D eigenvalue weighted by Crippen LogP contribution is -2.41. The van der Waals surface area contributed by atoms with Gasteiger partial charge in [-0.25, -0.2) is 4.79 Å². The Morgan fingerprint density at radius 1 is 1.59 bits per heavy atom. The van der Waals surface area contributed by atoms with Crippen LogP contribution in [0.3, 0.4) is 0 Å². The van der Waals surface area contributed by atoms with Gasteiger partial charge in [0.15, 0.2) is 0 Å². The standard InChI is InChI=1S/C12H19N3O2/c1-9(2)15(6-7-16)12(17)14-11-4-5-13-10(3)8-11/h4-5,8-9,16H,6-7H2,1-3H3,(H,13,14,17). The van der Waals surface area contributed by atoms with Gasteiger partial charge in [0.25, 0.3) is 0 Å². The highest BCUT2D eigenvalue weighted by Gasteiger charge is 2.16.